The fraction of sp³-hybridized carbons (Fsp3) is 0.167. The van der Waals surface area contributed by atoms with Crippen LogP contribution >= 0.6 is 35.0 Å². The van der Waals surface area contributed by atoms with E-state index in [1.807, 2.05) is 22.9 Å². The summed E-state index contributed by atoms with van der Waals surface area (Å²) in [5.41, 5.74) is 2.38. The molecule has 0 saturated carbocycles. The van der Waals surface area contributed by atoms with E-state index in [1.54, 1.807) is 24.3 Å². The number of nitrogens with zero attached hydrogens (tertiary/aromatic N) is 2. The van der Waals surface area contributed by atoms with Gasteiger partial charge in [-0.2, -0.15) is 0 Å². The molecule has 0 spiro atoms. The van der Waals surface area contributed by atoms with Crippen LogP contribution in [0.2, 0.25) is 5.02 Å². The van der Waals surface area contributed by atoms with E-state index >= 15 is 0 Å². The van der Waals surface area contributed by atoms with Gasteiger partial charge in [-0.15, -0.1) is 23.4 Å². The Morgan fingerprint density at radius 2 is 1.78 bits per heavy atom. The molecule has 3 aromatic rings. The molecule has 0 aliphatic heterocycles. The van der Waals surface area contributed by atoms with E-state index in [4.69, 9.17) is 23.2 Å². The van der Waals surface area contributed by atoms with Gasteiger partial charge < -0.3 is 4.57 Å². The lowest BCUT2D eigenvalue weighted by molar-refractivity contribution is 0.677. The minimum absolute atomic E-state index is 0.0560. The molecule has 0 bridgehead atoms. The summed E-state index contributed by atoms with van der Waals surface area (Å²) in [5.74, 6) is 0.926. The van der Waals surface area contributed by atoms with Crippen molar-refractivity contribution in [3.8, 4) is 0 Å². The van der Waals surface area contributed by atoms with E-state index in [0.717, 1.165) is 22.9 Å². The molecule has 0 radical (unpaired) electrons. The standard InChI is InChI=1S/C18H16Cl2N2S/c19-16-5-1-14(2-6-16)12-23-17-7-3-15(4-8-17)18(20)11-22-10-9-21-13-22/h1-10,13,18H,11-12H2. The van der Waals surface area contributed by atoms with Gasteiger partial charge in [0, 0.05) is 34.6 Å². The van der Waals surface area contributed by atoms with Crippen molar-refractivity contribution in [1.29, 1.82) is 0 Å². The molecule has 0 amide bonds. The van der Waals surface area contributed by atoms with Gasteiger partial charge in [0.25, 0.3) is 0 Å². The van der Waals surface area contributed by atoms with Crippen LogP contribution in [0.4, 0.5) is 0 Å². The molecular weight excluding hydrogens is 347 g/mol. The number of thioether (sulfide) groups is 1. The minimum atomic E-state index is -0.0560. The van der Waals surface area contributed by atoms with Gasteiger partial charge in [-0.1, -0.05) is 35.9 Å². The molecular formula is C18H16Cl2N2S. The molecule has 1 atom stereocenters. The Morgan fingerprint density at radius 1 is 1.04 bits per heavy atom. The number of hydrogen-bond donors (Lipinski definition) is 0. The van der Waals surface area contributed by atoms with Crippen LogP contribution in [0.25, 0.3) is 0 Å². The van der Waals surface area contributed by atoms with Crippen LogP contribution in [0.3, 0.4) is 0 Å². The Bertz CT molecular complexity index is 725. The Kier molecular flexibility index (Phi) is 5.65. The lowest BCUT2D eigenvalue weighted by Gasteiger charge is -2.11. The molecule has 118 valence electrons. The summed E-state index contributed by atoms with van der Waals surface area (Å²) in [5, 5.41) is 0.716. The summed E-state index contributed by atoms with van der Waals surface area (Å²) in [6.45, 7) is 0.721. The van der Waals surface area contributed by atoms with Crippen LogP contribution in [-0.2, 0) is 12.3 Å². The zero-order chi connectivity index (χ0) is 16.1. The zero-order valence-corrected chi connectivity index (χ0v) is 14.7. The summed E-state index contributed by atoms with van der Waals surface area (Å²) in [6.07, 6.45) is 5.47. The number of alkyl halides is 1. The number of hydrogen-bond acceptors (Lipinski definition) is 2. The second kappa shape index (κ2) is 7.91. The van der Waals surface area contributed by atoms with Gasteiger partial charge in [-0.05, 0) is 35.4 Å². The van der Waals surface area contributed by atoms with Gasteiger partial charge >= 0.3 is 0 Å². The average Bonchev–Trinajstić information content (AvgIpc) is 3.08. The molecule has 0 N–H and O–H groups in total. The van der Waals surface area contributed by atoms with E-state index in [2.05, 4.69) is 41.4 Å². The van der Waals surface area contributed by atoms with Crippen molar-refractivity contribution in [2.45, 2.75) is 22.6 Å². The van der Waals surface area contributed by atoms with Crippen LogP contribution in [0.5, 0.6) is 0 Å². The van der Waals surface area contributed by atoms with Crippen LogP contribution < -0.4 is 0 Å². The normalized spacial score (nSPS) is 12.3. The van der Waals surface area contributed by atoms with Gasteiger partial charge in [-0.25, -0.2) is 4.98 Å². The van der Waals surface area contributed by atoms with Crippen LogP contribution in [0.1, 0.15) is 16.5 Å². The summed E-state index contributed by atoms with van der Waals surface area (Å²) in [7, 11) is 0. The first-order valence-electron chi connectivity index (χ1n) is 7.28. The smallest absolute Gasteiger partial charge is 0.0946 e. The Hall–Kier alpha value is -1.42. The predicted octanol–water partition coefficient (Wildman–Crippen LogP) is 5.81. The molecule has 0 fully saturated rings. The first-order valence-corrected chi connectivity index (χ1v) is 9.08. The second-order valence-electron chi connectivity index (χ2n) is 5.21. The fourth-order valence-corrected chi connectivity index (χ4v) is 3.49. The molecule has 0 saturated heterocycles. The maximum atomic E-state index is 6.47. The summed E-state index contributed by atoms with van der Waals surface area (Å²) in [4.78, 5) is 5.27. The second-order valence-corrected chi connectivity index (χ2v) is 7.22. The van der Waals surface area contributed by atoms with Crippen molar-refractivity contribution in [3.63, 3.8) is 0 Å². The lowest BCUT2D eigenvalue weighted by atomic mass is 10.1. The van der Waals surface area contributed by atoms with E-state index in [0.29, 0.717) is 0 Å². The predicted molar refractivity (Wildman–Crippen MR) is 98.3 cm³/mol. The van der Waals surface area contributed by atoms with Crippen molar-refractivity contribution in [3.05, 3.63) is 83.4 Å². The Labute approximate surface area is 150 Å². The highest BCUT2D eigenvalue weighted by atomic mass is 35.5. The van der Waals surface area contributed by atoms with Gasteiger partial charge in [0.1, 0.15) is 0 Å². The summed E-state index contributed by atoms with van der Waals surface area (Å²) in [6, 6.07) is 16.4. The molecule has 3 rings (SSSR count). The quantitative estimate of drug-likeness (QED) is 0.406. The SMILES string of the molecule is Clc1ccc(CSc2ccc(C(Cl)Cn3ccnc3)cc2)cc1. The monoisotopic (exact) mass is 362 g/mol. The number of benzene rings is 2. The van der Waals surface area contributed by atoms with Crippen molar-refractivity contribution in [2.75, 3.05) is 0 Å². The number of imidazole rings is 1. The maximum absolute atomic E-state index is 6.47. The minimum Gasteiger partial charge on any atom is -0.336 e. The fourth-order valence-electron chi connectivity index (χ4n) is 2.21. The summed E-state index contributed by atoms with van der Waals surface area (Å²) >= 11 is 14.2. The topological polar surface area (TPSA) is 17.8 Å². The third-order valence-electron chi connectivity index (χ3n) is 3.49. The Balaban J connectivity index is 1.57. The lowest BCUT2D eigenvalue weighted by Crippen LogP contribution is -2.02. The van der Waals surface area contributed by atoms with Crippen molar-refractivity contribution >= 4 is 35.0 Å². The molecule has 2 nitrogen and oxygen atoms in total. The van der Waals surface area contributed by atoms with Gasteiger partial charge in [0.05, 0.1) is 11.7 Å². The molecule has 0 aliphatic carbocycles. The van der Waals surface area contributed by atoms with Gasteiger partial charge in [-0.3, -0.25) is 0 Å². The number of rotatable bonds is 6. The first-order chi connectivity index (χ1) is 11.2. The van der Waals surface area contributed by atoms with Crippen molar-refractivity contribution in [1.82, 2.24) is 9.55 Å². The number of halogens is 2. The molecule has 5 heteroatoms. The third-order valence-corrected chi connectivity index (χ3v) is 5.22. The highest BCUT2D eigenvalue weighted by Gasteiger charge is 2.08. The van der Waals surface area contributed by atoms with Crippen molar-refractivity contribution in [2.24, 2.45) is 0 Å². The van der Waals surface area contributed by atoms with E-state index in [9.17, 15) is 0 Å². The third kappa shape index (κ3) is 4.77. The largest absolute Gasteiger partial charge is 0.336 e. The highest BCUT2D eigenvalue weighted by Crippen LogP contribution is 2.27. The van der Waals surface area contributed by atoms with Gasteiger partial charge in [0.2, 0.25) is 0 Å². The van der Waals surface area contributed by atoms with E-state index in [-0.39, 0.29) is 5.38 Å². The highest BCUT2D eigenvalue weighted by molar-refractivity contribution is 7.98. The molecule has 23 heavy (non-hydrogen) atoms. The molecule has 1 unspecified atom stereocenters. The first kappa shape index (κ1) is 16.4. The van der Waals surface area contributed by atoms with E-state index in [1.165, 1.54) is 10.5 Å². The maximum Gasteiger partial charge on any atom is 0.0946 e. The van der Waals surface area contributed by atoms with E-state index < -0.39 is 0 Å². The van der Waals surface area contributed by atoms with Crippen LogP contribution in [0, 0.1) is 0 Å². The molecule has 2 aromatic carbocycles. The summed E-state index contributed by atoms with van der Waals surface area (Å²) < 4.78 is 1.99. The Morgan fingerprint density at radius 3 is 2.43 bits per heavy atom. The van der Waals surface area contributed by atoms with Crippen molar-refractivity contribution < 1.29 is 0 Å². The van der Waals surface area contributed by atoms with Crippen LogP contribution in [-0.4, -0.2) is 9.55 Å². The van der Waals surface area contributed by atoms with Crippen LogP contribution in [0.15, 0.2) is 72.1 Å². The molecule has 0 aliphatic rings. The molecule has 1 aromatic heterocycles. The van der Waals surface area contributed by atoms with Gasteiger partial charge in [0.15, 0.2) is 0 Å². The zero-order valence-electron chi connectivity index (χ0n) is 12.4. The molecule has 1 heterocycles. The number of aromatic nitrogens is 2. The average molecular weight is 363 g/mol.